The number of amides is 1. The Morgan fingerprint density at radius 2 is 2.15 bits per heavy atom. The lowest BCUT2D eigenvalue weighted by molar-refractivity contribution is -0.113. The molecule has 1 atom stereocenters. The third-order valence-electron chi connectivity index (χ3n) is 5.68. The SMILES string of the molecule is Cc1c(C#N)c(NC(=O)CSc2nnnn2CC2CCCO2)n(Cc2ccc(F)cc2)c1C. The van der Waals surface area contributed by atoms with Crippen LogP contribution in [0, 0.1) is 31.0 Å². The fourth-order valence-electron chi connectivity index (χ4n) is 3.79. The Hall–Kier alpha value is -3.23. The predicted octanol–water partition coefficient (Wildman–Crippen LogP) is 3.06. The molecule has 3 heterocycles. The number of nitrogens with zero attached hydrogens (tertiary/aromatic N) is 6. The zero-order valence-electron chi connectivity index (χ0n) is 18.4. The molecule has 2 aromatic heterocycles. The van der Waals surface area contributed by atoms with Crippen molar-refractivity contribution in [2.45, 2.75) is 51.0 Å². The van der Waals surface area contributed by atoms with Gasteiger partial charge in [-0.3, -0.25) is 4.79 Å². The number of carbonyl (C=O) groups is 1. The normalized spacial score (nSPS) is 15.5. The van der Waals surface area contributed by atoms with Crippen LogP contribution >= 0.6 is 11.8 Å². The number of ether oxygens (including phenoxy) is 1. The third kappa shape index (κ3) is 5.23. The van der Waals surface area contributed by atoms with Crippen molar-refractivity contribution < 1.29 is 13.9 Å². The second kappa shape index (κ2) is 10.1. The molecule has 172 valence electrons. The maximum Gasteiger partial charge on any atom is 0.235 e. The van der Waals surface area contributed by atoms with Gasteiger partial charge in [0, 0.05) is 18.8 Å². The Labute approximate surface area is 194 Å². The van der Waals surface area contributed by atoms with E-state index in [-0.39, 0.29) is 23.6 Å². The van der Waals surface area contributed by atoms with Crippen molar-refractivity contribution in [1.29, 1.82) is 5.26 Å². The average Bonchev–Trinajstić information content (AvgIpc) is 3.53. The van der Waals surface area contributed by atoms with E-state index >= 15 is 0 Å². The molecule has 1 aromatic carbocycles. The molecule has 1 aliphatic heterocycles. The fraction of sp³-hybridized carbons (Fsp3) is 0.409. The number of anilines is 1. The number of hydrogen-bond donors (Lipinski definition) is 1. The van der Waals surface area contributed by atoms with Crippen molar-refractivity contribution in [3.63, 3.8) is 0 Å². The molecule has 1 aliphatic rings. The quantitative estimate of drug-likeness (QED) is 0.505. The highest BCUT2D eigenvalue weighted by molar-refractivity contribution is 7.99. The smallest absolute Gasteiger partial charge is 0.235 e. The monoisotopic (exact) mass is 469 g/mol. The van der Waals surface area contributed by atoms with Gasteiger partial charge in [-0.15, -0.1) is 5.10 Å². The lowest BCUT2D eigenvalue weighted by atomic mass is 10.2. The fourth-order valence-corrected chi connectivity index (χ4v) is 4.48. The van der Waals surface area contributed by atoms with Crippen LogP contribution in [0.4, 0.5) is 10.2 Å². The van der Waals surface area contributed by atoms with Crippen molar-refractivity contribution in [3.05, 3.63) is 52.5 Å². The van der Waals surface area contributed by atoms with Crippen LogP contribution in [0.3, 0.4) is 0 Å². The Balaban J connectivity index is 1.46. The molecule has 1 fully saturated rings. The molecular weight excluding hydrogens is 445 g/mol. The molecule has 0 radical (unpaired) electrons. The summed E-state index contributed by atoms with van der Waals surface area (Å²) >= 11 is 1.23. The maximum atomic E-state index is 13.3. The zero-order chi connectivity index (χ0) is 23.4. The Kier molecular flexibility index (Phi) is 7.05. The molecule has 0 aliphatic carbocycles. The van der Waals surface area contributed by atoms with E-state index in [2.05, 4.69) is 26.9 Å². The van der Waals surface area contributed by atoms with Crippen LogP contribution in [0.2, 0.25) is 0 Å². The van der Waals surface area contributed by atoms with Gasteiger partial charge in [-0.2, -0.15) is 5.26 Å². The molecule has 0 spiro atoms. The summed E-state index contributed by atoms with van der Waals surface area (Å²) in [6, 6.07) is 8.35. The molecule has 0 saturated carbocycles. The summed E-state index contributed by atoms with van der Waals surface area (Å²) in [5, 5.41) is 24.8. The first kappa shape index (κ1) is 22.9. The Morgan fingerprint density at radius 1 is 1.36 bits per heavy atom. The molecule has 11 heteroatoms. The predicted molar refractivity (Wildman–Crippen MR) is 120 cm³/mol. The lowest BCUT2D eigenvalue weighted by Crippen LogP contribution is -2.20. The Morgan fingerprint density at radius 3 is 2.85 bits per heavy atom. The standard InChI is InChI=1S/C22H24FN7O2S/c1-14-15(2)29(11-16-5-7-17(23)8-6-16)21(19(14)10-24)25-20(31)13-33-22-26-27-28-30(22)12-18-4-3-9-32-18/h5-8,18H,3-4,9,11-13H2,1-2H3,(H,25,31). The van der Waals surface area contributed by atoms with Crippen LogP contribution in [0.15, 0.2) is 29.4 Å². The van der Waals surface area contributed by atoms with Crippen molar-refractivity contribution >= 4 is 23.5 Å². The van der Waals surface area contributed by atoms with Crippen LogP contribution in [0.25, 0.3) is 0 Å². The van der Waals surface area contributed by atoms with Gasteiger partial charge < -0.3 is 14.6 Å². The topological polar surface area (TPSA) is 111 Å². The number of nitriles is 1. The summed E-state index contributed by atoms with van der Waals surface area (Å²) in [6.45, 7) is 5.43. The number of halogens is 1. The summed E-state index contributed by atoms with van der Waals surface area (Å²) in [5.74, 6) is -0.0806. The molecule has 1 amide bonds. The van der Waals surface area contributed by atoms with E-state index in [0.29, 0.717) is 29.6 Å². The van der Waals surface area contributed by atoms with Crippen LogP contribution in [0.5, 0.6) is 0 Å². The van der Waals surface area contributed by atoms with E-state index in [1.165, 1.54) is 23.9 Å². The number of nitrogens with one attached hydrogen (secondary N) is 1. The van der Waals surface area contributed by atoms with E-state index in [1.54, 1.807) is 16.8 Å². The van der Waals surface area contributed by atoms with Gasteiger partial charge in [-0.05, 0) is 60.4 Å². The number of tetrazole rings is 1. The molecule has 3 aromatic rings. The summed E-state index contributed by atoms with van der Waals surface area (Å²) in [5.41, 5.74) is 2.93. The highest BCUT2D eigenvalue weighted by atomic mass is 32.2. The number of hydrogen-bond acceptors (Lipinski definition) is 7. The molecule has 33 heavy (non-hydrogen) atoms. The van der Waals surface area contributed by atoms with Gasteiger partial charge >= 0.3 is 0 Å². The molecule has 1 saturated heterocycles. The number of rotatable bonds is 8. The number of carbonyl (C=O) groups excluding carboxylic acids is 1. The average molecular weight is 470 g/mol. The molecular formula is C22H24FN7O2S. The van der Waals surface area contributed by atoms with Gasteiger partial charge in [0.2, 0.25) is 11.1 Å². The van der Waals surface area contributed by atoms with E-state index in [4.69, 9.17) is 4.74 Å². The molecule has 0 bridgehead atoms. The van der Waals surface area contributed by atoms with Crippen molar-refractivity contribution in [2.24, 2.45) is 0 Å². The Bertz CT molecular complexity index is 1180. The molecule has 4 rings (SSSR count). The van der Waals surface area contributed by atoms with Gasteiger partial charge in [-0.25, -0.2) is 9.07 Å². The molecule has 9 nitrogen and oxygen atoms in total. The van der Waals surface area contributed by atoms with Crippen LogP contribution < -0.4 is 5.32 Å². The summed E-state index contributed by atoms with van der Waals surface area (Å²) in [6.07, 6.45) is 2.07. The van der Waals surface area contributed by atoms with Crippen LogP contribution in [-0.2, 0) is 22.6 Å². The van der Waals surface area contributed by atoms with Gasteiger partial charge in [0.05, 0.1) is 24.0 Å². The van der Waals surface area contributed by atoms with Crippen molar-refractivity contribution in [3.8, 4) is 6.07 Å². The minimum Gasteiger partial charge on any atom is -0.376 e. The lowest BCUT2D eigenvalue weighted by Gasteiger charge is -2.13. The summed E-state index contributed by atoms with van der Waals surface area (Å²) in [4.78, 5) is 12.8. The largest absolute Gasteiger partial charge is 0.376 e. The van der Waals surface area contributed by atoms with E-state index in [1.807, 2.05) is 18.4 Å². The van der Waals surface area contributed by atoms with E-state index in [0.717, 1.165) is 36.3 Å². The van der Waals surface area contributed by atoms with E-state index in [9.17, 15) is 14.4 Å². The second-order valence-electron chi connectivity index (χ2n) is 7.87. The summed E-state index contributed by atoms with van der Waals surface area (Å²) in [7, 11) is 0. The first-order valence-corrected chi connectivity index (χ1v) is 11.6. The zero-order valence-corrected chi connectivity index (χ0v) is 19.2. The van der Waals surface area contributed by atoms with Crippen molar-refractivity contribution in [1.82, 2.24) is 24.8 Å². The van der Waals surface area contributed by atoms with Gasteiger partial charge in [-0.1, -0.05) is 23.9 Å². The summed E-state index contributed by atoms with van der Waals surface area (Å²) < 4.78 is 22.4. The van der Waals surface area contributed by atoms with Gasteiger partial charge in [0.15, 0.2) is 0 Å². The second-order valence-corrected chi connectivity index (χ2v) is 8.82. The first-order valence-electron chi connectivity index (χ1n) is 10.6. The minimum atomic E-state index is -0.316. The van der Waals surface area contributed by atoms with E-state index < -0.39 is 0 Å². The number of thioether (sulfide) groups is 1. The highest BCUT2D eigenvalue weighted by Gasteiger charge is 2.22. The van der Waals surface area contributed by atoms with Gasteiger partial charge in [0.1, 0.15) is 17.7 Å². The maximum absolute atomic E-state index is 13.3. The number of benzene rings is 1. The molecule has 1 unspecified atom stereocenters. The van der Waals surface area contributed by atoms with Crippen molar-refractivity contribution in [2.75, 3.05) is 17.7 Å². The third-order valence-corrected chi connectivity index (χ3v) is 6.64. The van der Waals surface area contributed by atoms with Gasteiger partial charge in [0.25, 0.3) is 0 Å². The van der Waals surface area contributed by atoms with Crippen LogP contribution in [0.1, 0.15) is 35.2 Å². The van der Waals surface area contributed by atoms with Crippen LogP contribution in [-0.4, -0.2) is 49.1 Å². The minimum absolute atomic E-state index is 0.0799. The molecule has 1 N–H and O–H groups in total. The highest BCUT2D eigenvalue weighted by Crippen LogP contribution is 2.28. The first-order chi connectivity index (χ1) is 16.0. The number of aromatic nitrogens is 5.